The molecule has 1 aliphatic heterocycles. The van der Waals surface area contributed by atoms with Crippen LogP contribution in [0.4, 0.5) is 5.69 Å². The molecule has 2 aromatic carbocycles. The van der Waals surface area contributed by atoms with E-state index in [1.54, 1.807) is 19.1 Å². The molecule has 0 bridgehead atoms. The van der Waals surface area contributed by atoms with Crippen molar-refractivity contribution in [2.75, 3.05) is 39.3 Å². The molecule has 1 saturated heterocycles. The highest BCUT2D eigenvalue weighted by Crippen LogP contribution is 2.34. The monoisotopic (exact) mass is 460 g/mol. The van der Waals surface area contributed by atoms with Crippen molar-refractivity contribution in [3.05, 3.63) is 52.0 Å². The van der Waals surface area contributed by atoms with Crippen LogP contribution in [0.2, 0.25) is 0 Å². The summed E-state index contributed by atoms with van der Waals surface area (Å²) in [6, 6.07) is 12.1. The van der Waals surface area contributed by atoms with Crippen LogP contribution in [0.1, 0.15) is 30.4 Å². The van der Waals surface area contributed by atoms with Crippen LogP contribution in [0.25, 0.3) is 0 Å². The number of para-hydroxylation sites is 1. The van der Waals surface area contributed by atoms with Crippen LogP contribution < -0.4 is 14.4 Å². The fourth-order valence-electron chi connectivity index (χ4n) is 3.76. The Hall–Kier alpha value is -2.21. The number of benzene rings is 2. The fourth-order valence-corrected chi connectivity index (χ4v) is 4.22. The van der Waals surface area contributed by atoms with Gasteiger partial charge in [-0.05, 0) is 48.6 Å². The summed E-state index contributed by atoms with van der Waals surface area (Å²) in [5, 5.41) is 0. The van der Waals surface area contributed by atoms with Gasteiger partial charge in [-0.15, -0.1) is 0 Å². The zero-order valence-electron chi connectivity index (χ0n) is 17.4. The number of likely N-dealkylation sites (N-methyl/N-ethyl adjacent to an activating group) is 1. The number of methoxy groups -OCH3 is 2. The number of anilines is 1. The molecule has 0 saturated carbocycles. The molecule has 2 aromatic rings. The molecule has 0 atom stereocenters. The van der Waals surface area contributed by atoms with Crippen molar-refractivity contribution < 1.29 is 14.3 Å². The quantitative estimate of drug-likeness (QED) is 0.602. The van der Waals surface area contributed by atoms with E-state index >= 15 is 0 Å². The third-order valence-corrected chi connectivity index (χ3v) is 6.15. The summed E-state index contributed by atoms with van der Waals surface area (Å²) in [6.07, 6.45) is 4.06. The average Bonchev–Trinajstić information content (AvgIpc) is 2.75. The molecule has 6 heteroatoms. The molecule has 0 unspecified atom stereocenters. The molecule has 5 nitrogen and oxygen atoms in total. The van der Waals surface area contributed by atoms with Gasteiger partial charge in [-0.3, -0.25) is 4.79 Å². The largest absolute Gasteiger partial charge is 0.493 e. The second-order valence-electron chi connectivity index (χ2n) is 7.40. The van der Waals surface area contributed by atoms with Gasteiger partial charge in [0.15, 0.2) is 11.5 Å². The number of carbonyl (C=O) groups excluding carboxylic acids is 1. The molecule has 156 valence electrons. The van der Waals surface area contributed by atoms with Crippen LogP contribution in [0.15, 0.2) is 40.9 Å². The van der Waals surface area contributed by atoms with E-state index in [0.717, 1.165) is 23.1 Å². The first-order valence-electron chi connectivity index (χ1n) is 10.0. The molecule has 1 aliphatic rings. The van der Waals surface area contributed by atoms with E-state index in [-0.39, 0.29) is 5.91 Å². The lowest BCUT2D eigenvalue weighted by Gasteiger charge is -2.31. The molecule has 29 heavy (non-hydrogen) atoms. The van der Waals surface area contributed by atoms with E-state index in [1.165, 1.54) is 30.5 Å². The Morgan fingerprint density at radius 2 is 1.69 bits per heavy atom. The molecule has 1 amide bonds. The van der Waals surface area contributed by atoms with Crippen molar-refractivity contribution >= 4 is 27.5 Å². The van der Waals surface area contributed by atoms with Gasteiger partial charge in [0.1, 0.15) is 0 Å². The molecule has 1 fully saturated rings. The number of nitrogens with zero attached hydrogens (tertiary/aromatic N) is 2. The van der Waals surface area contributed by atoms with Crippen molar-refractivity contribution in [1.82, 2.24) is 4.90 Å². The van der Waals surface area contributed by atoms with E-state index in [9.17, 15) is 4.79 Å². The molecular formula is C23H29BrN2O3. The van der Waals surface area contributed by atoms with Crippen molar-refractivity contribution in [3.8, 4) is 11.5 Å². The Bertz CT molecular complexity index is 850. The zero-order valence-corrected chi connectivity index (χ0v) is 19.0. The predicted octanol–water partition coefficient (Wildman–Crippen LogP) is 4.66. The molecule has 0 N–H and O–H groups in total. The lowest BCUT2D eigenvalue weighted by molar-refractivity contribution is -0.129. The van der Waals surface area contributed by atoms with Gasteiger partial charge in [0.25, 0.3) is 0 Å². The highest BCUT2D eigenvalue weighted by molar-refractivity contribution is 9.10. The molecule has 0 aromatic heterocycles. The third kappa shape index (κ3) is 5.24. The topological polar surface area (TPSA) is 42.0 Å². The third-order valence-electron chi connectivity index (χ3n) is 5.42. The SMILES string of the molecule is COc1cc(Br)c(CC(=O)N(C)Cc2ccccc2N2CCCCC2)cc1OC. The molecule has 0 radical (unpaired) electrons. The van der Waals surface area contributed by atoms with Crippen LogP contribution in [-0.4, -0.2) is 45.2 Å². The maximum absolute atomic E-state index is 12.9. The van der Waals surface area contributed by atoms with Gasteiger partial charge in [0, 0.05) is 36.8 Å². The van der Waals surface area contributed by atoms with Crippen LogP contribution in [0.5, 0.6) is 11.5 Å². The Morgan fingerprint density at radius 1 is 1.03 bits per heavy atom. The summed E-state index contributed by atoms with van der Waals surface area (Å²) in [4.78, 5) is 17.2. The van der Waals surface area contributed by atoms with Gasteiger partial charge in [-0.2, -0.15) is 0 Å². The van der Waals surface area contributed by atoms with E-state index in [0.29, 0.717) is 24.5 Å². The predicted molar refractivity (Wildman–Crippen MR) is 120 cm³/mol. The zero-order chi connectivity index (χ0) is 20.8. The average molecular weight is 461 g/mol. The van der Waals surface area contributed by atoms with Crippen molar-refractivity contribution in [2.45, 2.75) is 32.2 Å². The summed E-state index contributed by atoms with van der Waals surface area (Å²) >= 11 is 3.55. The Labute approximate surface area is 181 Å². The first-order chi connectivity index (χ1) is 14.0. The number of carbonyl (C=O) groups is 1. The minimum atomic E-state index is 0.0615. The molecule has 0 spiro atoms. The summed E-state index contributed by atoms with van der Waals surface area (Å²) in [5.41, 5.74) is 3.32. The number of amides is 1. The van der Waals surface area contributed by atoms with Crippen molar-refractivity contribution in [1.29, 1.82) is 0 Å². The molecule has 0 aliphatic carbocycles. The van der Waals surface area contributed by atoms with E-state index in [4.69, 9.17) is 9.47 Å². The summed E-state index contributed by atoms with van der Waals surface area (Å²) < 4.78 is 11.5. The number of halogens is 1. The second-order valence-corrected chi connectivity index (χ2v) is 8.26. The van der Waals surface area contributed by atoms with Crippen molar-refractivity contribution in [3.63, 3.8) is 0 Å². The lowest BCUT2D eigenvalue weighted by Crippen LogP contribution is -2.32. The molecule has 1 heterocycles. The minimum absolute atomic E-state index is 0.0615. The highest BCUT2D eigenvalue weighted by Gasteiger charge is 2.18. The maximum Gasteiger partial charge on any atom is 0.227 e. The first-order valence-corrected chi connectivity index (χ1v) is 10.8. The van der Waals surface area contributed by atoms with Crippen LogP contribution in [0.3, 0.4) is 0 Å². The maximum atomic E-state index is 12.9. The number of hydrogen-bond donors (Lipinski definition) is 0. The van der Waals surface area contributed by atoms with Gasteiger partial charge in [-0.1, -0.05) is 34.1 Å². The molecular weight excluding hydrogens is 432 g/mol. The smallest absolute Gasteiger partial charge is 0.227 e. The van der Waals surface area contributed by atoms with E-state index in [1.807, 2.05) is 25.2 Å². The summed E-state index contributed by atoms with van der Waals surface area (Å²) in [5.74, 6) is 1.32. The Kier molecular flexibility index (Phi) is 7.42. The van der Waals surface area contributed by atoms with Gasteiger partial charge >= 0.3 is 0 Å². The fraction of sp³-hybridized carbons (Fsp3) is 0.435. The summed E-state index contributed by atoms with van der Waals surface area (Å²) in [6.45, 7) is 2.77. The Morgan fingerprint density at radius 3 is 2.38 bits per heavy atom. The number of piperidine rings is 1. The highest BCUT2D eigenvalue weighted by atomic mass is 79.9. The number of hydrogen-bond acceptors (Lipinski definition) is 4. The van der Waals surface area contributed by atoms with Crippen LogP contribution in [0, 0.1) is 0 Å². The second kappa shape index (κ2) is 10.0. The van der Waals surface area contributed by atoms with E-state index < -0.39 is 0 Å². The number of ether oxygens (including phenoxy) is 2. The normalized spacial score (nSPS) is 13.9. The van der Waals surface area contributed by atoms with Gasteiger partial charge in [0.2, 0.25) is 5.91 Å². The van der Waals surface area contributed by atoms with Gasteiger partial charge < -0.3 is 19.3 Å². The van der Waals surface area contributed by atoms with E-state index in [2.05, 4.69) is 39.0 Å². The first kappa shape index (κ1) is 21.5. The van der Waals surface area contributed by atoms with Crippen molar-refractivity contribution in [2.24, 2.45) is 0 Å². The minimum Gasteiger partial charge on any atom is -0.493 e. The van der Waals surface area contributed by atoms with Gasteiger partial charge in [-0.25, -0.2) is 0 Å². The lowest BCUT2D eigenvalue weighted by atomic mass is 10.1. The standard InChI is InChI=1S/C23H29BrN2O3/c1-25(16-17-9-5-6-10-20(17)26-11-7-4-8-12-26)23(27)14-18-13-21(28-2)22(29-3)15-19(18)24/h5-6,9-10,13,15H,4,7-8,11-12,14,16H2,1-3H3. The number of rotatable bonds is 7. The van der Waals surface area contributed by atoms with Gasteiger partial charge in [0.05, 0.1) is 20.6 Å². The summed E-state index contributed by atoms with van der Waals surface area (Å²) in [7, 11) is 5.06. The molecule has 3 rings (SSSR count). The van der Waals surface area contributed by atoms with Crippen LogP contribution >= 0.6 is 15.9 Å². The van der Waals surface area contributed by atoms with Crippen LogP contribution in [-0.2, 0) is 17.8 Å². The Balaban J connectivity index is 1.72.